The minimum Gasteiger partial charge on any atom is -0.409 e. The molecule has 0 bridgehead atoms. The summed E-state index contributed by atoms with van der Waals surface area (Å²) in [7, 11) is 0. The molecule has 1 amide bonds. The highest BCUT2D eigenvalue weighted by Crippen LogP contribution is 2.19. The van der Waals surface area contributed by atoms with Gasteiger partial charge < -0.3 is 15.8 Å². The number of amidine groups is 1. The lowest BCUT2D eigenvalue weighted by atomic mass is 9.96. The number of likely N-dealkylation sites (tertiary alicyclic amines) is 1. The van der Waals surface area contributed by atoms with Gasteiger partial charge in [0.15, 0.2) is 0 Å². The van der Waals surface area contributed by atoms with E-state index in [9.17, 15) is 4.79 Å². The zero-order valence-corrected chi connectivity index (χ0v) is 11.8. The first-order chi connectivity index (χ1) is 9.52. The molecule has 6 nitrogen and oxygen atoms in total. The number of amides is 1. The Balaban J connectivity index is 2.16. The van der Waals surface area contributed by atoms with E-state index in [4.69, 9.17) is 10.9 Å². The van der Waals surface area contributed by atoms with Gasteiger partial charge in [-0.1, -0.05) is 5.16 Å². The van der Waals surface area contributed by atoms with E-state index < -0.39 is 0 Å². The van der Waals surface area contributed by atoms with Crippen molar-refractivity contribution in [2.75, 3.05) is 13.1 Å². The normalized spacial score (nSPS) is 20.0. The van der Waals surface area contributed by atoms with Gasteiger partial charge in [0, 0.05) is 24.7 Å². The molecule has 0 saturated carbocycles. The van der Waals surface area contributed by atoms with Crippen LogP contribution in [0.2, 0.25) is 0 Å². The quantitative estimate of drug-likeness (QED) is 0.368. The predicted molar refractivity (Wildman–Crippen MR) is 75.7 cm³/mol. The lowest BCUT2D eigenvalue weighted by Gasteiger charge is -2.32. The maximum Gasteiger partial charge on any atom is 0.255 e. The second-order valence-electron chi connectivity index (χ2n) is 5.20. The Hall–Kier alpha value is -2.11. The van der Waals surface area contributed by atoms with E-state index in [-0.39, 0.29) is 17.7 Å². The van der Waals surface area contributed by atoms with Crippen LogP contribution in [0.3, 0.4) is 0 Å². The van der Waals surface area contributed by atoms with Crippen LogP contribution in [0.25, 0.3) is 0 Å². The van der Waals surface area contributed by atoms with Gasteiger partial charge >= 0.3 is 0 Å². The van der Waals surface area contributed by atoms with E-state index >= 15 is 0 Å². The maximum atomic E-state index is 12.5. The van der Waals surface area contributed by atoms with E-state index in [1.165, 1.54) is 0 Å². The summed E-state index contributed by atoms with van der Waals surface area (Å²) in [5, 5.41) is 11.8. The Labute approximate surface area is 118 Å². The van der Waals surface area contributed by atoms with E-state index in [2.05, 4.69) is 10.1 Å². The topological polar surface area (TPSA) is 91.8 Å². The van der Waals surface area contributed by atoms with E-state index in [1.807, 2.05) is 26.0 Å². The van der Waals surface area contributed by atoms with Gasteiger partial charge in [-0.2, -0.15) is 0 Å². The number of carbonyl (C=O) groups is 1. The van der Waals surface area contributed by atoms with E-state index in [1.54, 1.807) is 4.90 Å². The van der Waals surface area contributed by atoms with Gasteiger partial charge in [0.1, 0.15) is 5.84 Å². The van der Waals surface area contributed by atoms with Gasteiger partial charge in [0.25, 0.3) is 5.91 Å². The van der Waals surface area contributed by atoms with Crippen LogP contribution in [0.5, 0.6) is 0 Å². The fraction of sp³-hybridized carbons (Fsp3) is 0.500. The van der Waals surface area contributed by atoms with Crippen molar-refractivity contribution >= 4 is 11.7 Å². The number of aryl methyl sites for hydroxylation is 2. The molecule has 2 heterocycles. The Morgan fingerprint density at radius 2 is 2.25 bits per heavy atom. The van der Waals surface area contributed by atoms with Gasteiger partial charge in [-0.05, 0) is 38.8 Å². The smallest absolute Gasteiger partial charge is 0.255 e. The number of nitrogens with zero attached hydrogens (tertiary/aromatic N) is 3. The van der Waals surface area contributed by atoms with E-state index in [0.29, 0.717) is 18.7 Å². The van der Waals surface area contributed by atoms with Crippen LogP contribution in [-0.4, -0.2) is 39.9 Å². The van der Waals surface area contributed by atoms with Crippen LogP contribution < -0.4 is 5.73 Å². The van der Waals surface area contributed by atoms with Crippen molar-refractivity contribution in [3.05, 3.63) is 29.1 Å². The van der Waals surface area contributed by atoms with Crippen LogP contribution in [0, 0.1) is 19.8 Å². The van der Waals surface area contributed by atoms with Gasteiger partial charge in [0.2, 0.25) is 0 Å². The van der Waals surface area contributed by atoms with Crippen LogP contribution in [0.4, 0.5) is 0 Å². The molecule has 1 saturated heterocycles. The molecule has 0 aliphatic carbocycles. The van der Waals surface area contributed by atoms with Crippen molar-refractivity contribution in [2.45, 2.75) is 26.7 Å². The number of carbonyl (C=O) groups excluding carboxylic acids is 1. The molecule has 1 atom stereocenters. The standard InChI is InChI=1S/C14H20N4O2/c1-9-5-6-12(10(2)16-9)14(19)18-7-3-4-11(8-18)13(15)17-20/h5-6,11,20H,3-4,7-8H2,1-2H3,(H2,15,17). The lowest BCUT2D eigenvalue weighted by molar-refractivity contribution is 0.0700. The Morgan fingerprint density at radius 3 is 2.90 bits per heavy atom. The molecule has 1 aliphatic heterocycles. The number of aromatic nitrogens is 1. The largest absolute Gasteiger partial charge is 0.409 e. The Kier molecular flexibility index (Phi) is 4.22. The molecule has 6 heteroatoms. The number of hydrogen-bond donors (Lipinski definition) is 2. The van der Waals surface area contributed by atoms with Crippen molar-refractivity contribution in [3.8, 4) is 0 Å². The fourth-order valence-corrected chi connectivity index (χ4v) is 2.57. The number of pyridine rings is 1. The third-order valence-corrected chi connectivity index (χ3v) is 3.70. The summed E-state index contributed by atoms with van der Waals surface area (Å²) in [6.07, 6.45) is 1.69. The summed E-state index contributed by atoms with van der Waals surface area (Å²) in [6.45, 7) is 4.92. The second kappa shape index (κ2) is 5.90. The van der Waals surface area contributed by atoms with Crippen molar-refractivity contribution in [3.63, 3.8) is 0 Å². The molecule has 0 aromatic carbocycles. The highest BCUT2D eigenvalue weighted by molar-refractivity contribution is 5.95. The first kappa shape index (κ1) is 14.3. The Bertz CT molecular complexity index is 542. The summed E-state index contributed by atoms with van der Waals surface area (Å²) >= 11 is 0. The van der Waals surface area contributed by atoms with Gasteiger partial charge in [-0.3, -0.25) is 9.78 Å². The number of rotatable bonds is 2. The predicted octanol–water partition coefficient (Wildman–Crippen LogP) is 1.30. The van der Waals surface area contributed by atoms with Crippen LogP contribution >= 0.6 is 0 Å². The molecule has 3 N–H and O–H groups in total. The summed E-state index contributed by atoms with van der Waals surface area (Å²) in [6, 6.07) is 3.65. The van der Waals surface area contributed by atoms with Crippen molar-refractivity contribution in [2.24, 2.45) is 16.8 Å². The summed E-state index contributed by atoms with van der Waals surface area (Å²) < 4.78 is 0. The van der Waals surface area contributed by atoms with Crippen molar-refractivity contribution in [1.29, 1.82) is 0 Å². The van der Waals surface area contributed by atoms with Gasteiger partial charge in [-0.15, -0.1) is 0 Å². The molecular formula is C14H20N4O2. The molecule has 108 valence electrons. The number of hydrogen-bond acceptors (Lipinski definition) is 4. The highest BCUT2D eigenvalue weighted by Gasteiger charge is 2.27. The minimum atomic E-state index is -0.0728. The molecule has 1 aliphatic rings. The van der Waals surface area contributed by atoms with Gasteiger partial charge in [-0.25, -0.2) is 0 Å². The molecule has 2 rings (SSSR count). The molecule has 1 aromatic rings. The minimum absolute atomic E-state index is 0.0366. The SMILES string of the molecule is Cc1ccc(C(=O)N2CCCC(C(N)=NO)C2)c(C)n1. The fourth-order valence-electron chi connectivity index (χ4n) is 2.57. The Morgan fingerprint density at radius 1 is 1.50 bits per heavy atom. The van der Waals surface area contributed by atoms with Crippen LogP contribution in [0.1, 0.15) is 34.6 Å². The molecular weight excluding hydrogens is 256 g/mol. The van der Waals surface area contributed by atoms with Gasteiger partial charge in [0.05, 0.1) is 11.3 Å². The highest BCUT2D eigenvalue weighted by atomic mass is 16.4. The van der Waals surface area contributed by atoms with E-state index in [0.717, 1.165) is 24.2 Å². The summed E-state index contributed by atoms with van der Waals surface area (Å²) in [5.41, 5.74) is 7.90. The third-order valence-electron chi connectivity index (χ3n) is 3.70. The first-order valence-electron chi connectivity index (χ1n) is 6.74. The molecule has 1 unspecified atom stereocenters. The van der Waals surface area contributed by atoms with Crippen molar-refractivity contribution in [1.82, 2.24) is 9.88 Å². The monoisotopic (exact) mass is 276 g/mol. The summed E-state index contributed by atoms with van der Waals surface area (Å²) in [5.74, 6) is 0.0862. The first-order valence-corrected chi connectivity index (χ1v) is 6.74. The molecule has 1 fully saturated rings. The van der Waals surface area contributed by atoms with Crippen LogP contribution in [-0.2, 0) is 0 Å². The summed E-state index contributed by atoms with van der Waals surface area (Å²) in [4.78, 5) is 18.6. The molecule has 1 aromatic heterocycles. The van der Waals surface area contributed by atoms with Crippen molar-refractivity contribution < 1.29 is 10.0 Å². The maximum absolute atomic E-state index is 12.5. The molecule has 0 spiro atoms. The number of oxime groups is 1. The lowest BCUT2D eigenvalue weighted by Crippen LogP contribution is -2.44. The number of piperidine rings is 1. The third kappa shape index (κ3) is 2.89. The average molecular weight is 276 g/mol. The van der Waals surface area contributed by atoms with Crippen LogP contribution in [0.15, 0.2) is 17.3 Å². The average Bonchev–Trinajstić information content (AvgIpc) is 2.46. The molecule has 20 heavy (non-hydrogen) atoms. The zero-order chi connectivity index (χ0) is 14.7. The zero-order valence-electron chi connectivity index (χ0n) is 11.8. The number of nitrogens with two attached hydrogens (primary N) is 1. The molecule has 0 radical (unpaired) electrons. The second-order valence-corrected chi connectivity index (χ2v) is 5.20.